The molecule has 0 unspecified atom stereocenters. The monoisotopic (exact) mass is 262 g/mol. The lowest BCUT2D eigenvalue weighted by Gasteiger charge is -2.23. The van der Waals surface area contributed by atoms with Gasteiger partial charge in [0.1, 0.15) is 0 Å². The molecule has 0 aromatic heterocycles. The van der Waals surface area contributed by atoms with Gasteiger partial charge in [-0.15, -0.1) is 0 Å². The van der Waals surface area contributed by atoms with Crippen LogP contribution in [0.5, 0.6) is 0 Å². The van der Waals surface area contributed by atoms with Crippen molar-refractivity contribution >= 4 is 17.7 Å². The zero-order valence-electron chi connectivity index (χ0n) is 12.2. The third kappa shape index (κ3) is 3.47. The number of hydrogen-bond acceptors (Lipinski definition) is 2. The lowest BCUT2D eigenvalue weighted by Crippen LogP contribution is -2.46. The van der Waals surface area contributed by atoms with E-state index in [0.717, 1.165) is 23.2 Å². The van der Waals surface area contributed by atoms with Crippen molar-refractivity contribution in [2.45, 2.75) is 20.3 Å². The van der Waals surface area contributed by atoms with Crippen LogP contribution in [0.25, 0.3) is 0 Å². The molecule has 0 fully saturated rings. The van der Waals surface area contributed by atoms with Gasteiger partial charge in [0.15, 0.2) is 5.96 Å². The second kappa shape index (κ2) is 6.78. The van der Waals surface area contributed by atoms with Gasteiger partial charge in [-0.3, -0.25) is 15.2 Å². The molecule has 0 saturated heterocycles. The van der Waals surface area contributed by atoms with Gasteiger partial charge in [0.25, 0.3) is 0 Å². The van der Waals surface area contributed by atoms with E-state index >= 15 is 0 Å². The summed E-state index contributed by atoms with van der Waals surface area (Å²) in [5.74, 6) is 0.448. The van der Waals surface area contributed by atoms with E-state index in [1.54, 1.807) is 26.0 Å². The predicted octanol–water partition coefficient (Wildman–Crippen LogP) is 1.91. The summed E-state index contributed by atoms with van der Waals surface area (Å²) >= 11 is 0. The fourth-order valence-electron chi connectivity index (χ4n) is 2.00. The summed E-state index contributed by atoms with van der Waals surface area (Å²) in [6.07, 6.45) is 0.884. The Labute approximate surface area is 114 Å². The molecule has 2 amide bonds. The lowest BCUT2D eigenvalue weighted by molar-refractivity contribution is 0.251. The van der Waals surface area contributed by atoms with E-state index in [0.29, 0.717) is 5.96 Å². The number of carbonyl (C=O) groups is 1. The van der Waals surface area contributed by atoms with Gasteiger partial charge in [-0.1, -0.05) is 25.1 Å². The number of nitrogens with one attached hydrogen (secondary N) is 2. The molecular weight excluding hydrogens is 240 g/mol. The lowest BCUT2D eigenvalue weighted by atomic mass is 10.1. The molecule has 0 saturated carbocycles. The SMILES string of the molecule is CCc1cccc(C)c1N(C)C(=O)NC(=NC)NC. The molecule has 5 heteroatoms. The number of aryl methyl sites for hydroxylation is 2. The average molecular weight is 262 g/mol. The highest BCUT2D eigenvalue weighted by atomic mass is 16.2. The van der Waals surface area contributed by atoms with E-state index < -0.39 is 0 Å². The molecule has 5 nitrogen and oxygen atoms in total. The first-order valence-electron chi connectivity index (χ1n) is 6.32. The number of urea groups is 1. The molecule has 0 aliphatic heterocycles. The van der Waals surface area contributed by atoms with E-state index in [4.69, 9.17) is 0 Å². The van der Waals surface area contributed by atoms with Crippen LogP contribution in [0.4, 0.5) is 10.5 Å². The molecule has 0 aliphatic rings. The second-order valence-electron chi connectivity index (χ2n) is 4.25. The first-order valence-corrected chi connectivity index (χ1v) is 6.32. The van der Waals surface area contributed by atoms with Crippen molar-refractivity contribution in [2.75, 3.05) is 26.0 Å². The highest BCUT2D eigenvalue weighted by Crippen LogP contribution is 2.24. The van der Waals surface area contributed by atoms with E-state index in [9.17, 15) is 4.79 Å². The molecule has 2 N–H and O–H groups in total. The minimum absolute atomic E-state index is 0.209. The Hall–Kier alpha value is -2.04. The highest BCUT2D eigenvalue weighted by Gasteiger charge is 2.16. The third-order valence-electron chi connectivity index (χ3n) is 3.03. The van der Waals surface area contributed by atoms with Crippen molar-refractivity contribution in [1.82, 2.24) is 10.6 Å². The molecule has 19 heavy (non-hydrogen) atoms. The van der Waals surface area contributed by atoms with Crippen LogP contribution in [0, 0.1) is 6.92 Å². The van der Waals surface area contributed by atoms with Crippen molar-refractivity contribution in [2.24, 2.45) is 4.99 Å². The number of anilines is 1. The second-order valence-corrected chi connectivity index (χ2v) is 4.25. The number of aliphatic imine (C=N–C) groups is 1. The summed E-state index contributed by atoms with van der Waals surface area (Å²) in [5.41, 5.74) is 3.18. The van der Waals surface area contributed by atoms with Crippen molar-refractivity contribution in [3.63, 3.8) is 0 Å². The zero-order valence-corrected chi connectivity index (χ0v) is 12.2. The molecule has 1 aromatic rings. The quantitative estimate of drug-likeness (QED) is 0.632. The topological polar surface area (TPSA) is 56.7 Å². The average Bonchev–Trinajstić information content (AvgIpc) is 2.43. The maximum absolute atomic E-state index is 12.2. The fourth-order valence-corrected chi connectivity index (χ4v) is 2.00. The van der Waals surface area contributed by atoms with Crippen molar-refractivity contribution in [3.8, 4) is 0 Å². The van der Waals surface area contributed by atoms with Crippen LogP contribution in [-0.2, 0) is 6.42 Å². The minimum Gasteiger partial charge on any atom is -0.359 e. The molecule has 0 spiro atoms. The van der Waals surface area contributed by atoms with Crippen LogP contribution in [0.1, 0.15) is 18.1 Å². The number of benzene rings is 1. The predicted molar refractivity (Wildman–Crippen MR) is 79.9 cm³/mol. The van der Waals surface area contributed by atoms with Gasteiger partial charge in [0.05, 0.1) is 5.69 Å². The standard InChI is InChI=1S/C14H22N4O/c1-6-11-9-7-8-10(2)12(11)18(5)14(19)17-13(15-3)16-4/h7-9H,6H2,1-5H3,(H2,15,16,17,19). The number of hydrogen-bond donors (Lipinski definition) is 2. The molecule has 0 aliphatic carbocycles. The summed E-state index contributed by atoms with van der Waals surface area (Å²) in [4.78, 5) is 17.7. The molecule has 0 bridgehead atoms. The van der Waals surface area contributed by atoms with E-state index in [1.165, 1.54) is 0 Å². The van der Waals surface area contributed by atoms with E-state index in [2.05, 4.69) is 22.5 Å². The van der Waals surface area contributed by atoms with Gasteiger partial charge in [-0.2, -0.15) is 0 Å². The number of guanidine groups is 1. The van der Waals surface area contributed by atoms with Crippen LogP contribution < -0.4 is 15.5 Å². The molecular formula is C14H22N4O. The Kier molecular flexibility index (Phi) is 5.36. The van der Waals surface area contributed by atoms with Crippen LogP contribution in [0.2, 0.25) is 0 Å². The van der Waals surface area contributed by atoms with E-state index in [1.807, 2.05) is 25.1 Å². The molecule has 0 heterocycles. The molecule has 1 aromatic carbocycles. The summed E-state index contributed by atoms with van der Waals surface area (Å²) in [6, 6.07) is 5.85. The summed E-state index contributed by atoms with van der Waals surface area (Å²) < 4.78 is 0. The maximum atomic E-state index is 12.2. The Balaban J connectivity index is 3.00. The number of amides is 2. The largest absolute Gasteiger partial charge is 0.359 e. The normalized spacial score (nSPS) is 11.1. The van der Waals surface area contributed by atoms with Crippen LogP contribution >= 0.6 is 0 Å². The first kappa shape index (κ1) is 15.0. The van der Waals surface area contributed by atoms with Gasteiger partial charge in [0.2, 0.25) is 0 Å². The number of para-hydroxylation sites is 1. The van der Waals surface area contributed by atoms with E-state index in [-0.39, 0.29) is 6.03 Å². The van der Waals surface area contributed by atoms with Crippen LogP contribution in [-0.4, -0.2) is 33.1 Å². The minimum atomic E-state index is -0.209. The Morgan fingerprint density at radius 3 is 2.63 bits per heavy atom. The van der Waals surface area contributed by atoms with Crippen LogP contribution in [0.15, 0.2) is 23.2 Å². The summed E-state index contributed by atoms with van der Waals surface area (Å²) in [5, 5.41) is 5.54. The highest BCUT2D eigenvalue weighted by molar-refractivity contribution is 6.04. The van der Waals surface area contributed by atoms with Gasteiger partial charge in [-0.05, 0) is 24.5 Å². The smallest absolute Gasteiger partial charge is 0.328 e. The number of nitrogens with zero attached hydrogens (tertiary/aromatic N) is 2. The number of rotatable bonds is 2. The van der Waals surface area contributed by atoms with Gasteiger partial charge in [-0.25, -0.2) is 4.79 Å². The van der Waals surface area contributed by atoms with Gasteiger partial charge < -0.3 is 5.32 Å². The third-order valence-corrected chi connectivity index (χ3v) is 3.03. The Morgan fingerprint density at radius 2 is 2.11 bits per heavy atom. The molecule has 1 rings (SSSR count). The molecule has 0 radical (unpaired) electrons. The first-order chi connectivity index (χ1) is 9.04. The van der Waals surface area contributed by atoms with Gasteiger partial charge in [0, 0.05) is 21.1 Å². The maximum Gasteiger partial charge on any atom is 0.328 e. The Bertz CT molecular complexity index is 482. The van der Waals surface area contributed by atoms with Crippen molar-refractivity contribution in [1.29, 1.82) is 0 Å². The fraction of sp³-hybridized carbons (Fsp3) is 0.429. The van der Waals surface area contributed by atoms with Crippen molar-refractivity contribution < 1.29 is 4.79 Å². The number of carbonyl (C=O) groups excluding carboxylic acids is 1. The molecule has 104 valence electrons. The summed E-state index contributed by atoms with van der Waals surface area (Å²) in [6.45, 7) is 4.09. The summed E-state index contributed by atoms with van der Waals surface area (Å²) in [7, 11) is 5.10. The van der Waals surface area contributed by atoms with Crippen LogP contribution in [0.3, 0.4) is 0 Å². The van der Waals surface area contributed by atoms with Gasteiger partial charge >= 0.3 is 6.03 Å². The molecule has 0 atom stereocenters. The zero-order chi connectivity index (χ0) is 14.4. The Morgan fingerprint density at radius 1 is 1.42 bits per heavy atom. The van der Waals surface area contributed by atoms with Crippen molar-refractivity contribution in [3.05, 3.63) is 29.3 Å².